The van der Waals surface area contributed by atoms with Gasteiger partial charge in [-0.1, -0.05) is 55.2 Å². The van der Waals surface area contributed by atoms with E-state index in [2.05, 4.69) is 13.8 Å². The first-order chi connectivity index (χ1) is 9.58. The Hall–Kier alpha value is -1.38. The van der Waals surface area contributed by atoms with Crippen LogP contribution in [0.5, 0.6) is 11.5 Å². The zero-order chi connectivity index (χ0) is 14.3. The zero-order valence-electron chi connectivity index (χ0n) is 11.2. The second kappa shape index (κ2) is 5.19. The predicted molar refractivity (Wildman–Crippen MR) is 82.1 cm³/mol. The van der Waals surface area contributed by atoms with E-state index in [0.29, 0.717) is 16.0 Å². The molecule has 0 aromatic heterocycles. The predicted octanol–water partition coefficient (Wildman–Crippen LogP) is 5.51. The van der Waals surface area contributed by atoms with Gasteiger partial charge in [0.15, 0.2) is 11.5 Å². The SMILES string of the molecule is CC(C)c1ccc(-c2ccc3c(c2)OCO3)c(Cl)c1Cl. The van der Waals surface area contributed by atoms with E-state index >= 15 is 0 Å². The van der Waals surface area contributed by atoms with Gasteiger partial charge in [-0.2, -0.15) is 0 Å². The number of halogens is 2. The zero-order valence-corrected chi connectivity index (χ0v) is 12.8. The molecule has 0 unspecified atom stereocenters. The van der Waals surface area contributed by atoms with Crippen LogP contribution in [0, 0.1) is 0 Å². The van der Waals surface area contributed by atoms with Crippen LogP contribution in [0.15, 0.2) is 30.3 Å². The van der Waals surface area contributed by atoms with Crippen LogP contribution in [0.4, 0.5) is 0 Å². The van der Waals surface area contributed by atoms with E-state index in [-0.39, 0.29) is 6.79 Å². The highest BCUT2D eigenvalue weighted by molar-refractivity contribution is 6.44. The van der Waals surface area contributed by atoms with Gasteiger partial charge < -0.3 is 9.47 Å². The molecule has 104 valence electrons. The Morgan fingerprint density at radius 1 is 0.950 bits per heavy atom. The summed E-state index contributed by atoms with van der Waals surface area (Å²) in [5, 5.41) is 1.20. The Morgan fingerprint density at radius 3 is 2.45 bits per heavy atom. The molecule has 0 bridgehead atoms. The van der Waals surface area contributed by atoms with Crippen molar-refractivity contribution in [2.75, 3.05) is 6.79 Å². The molecular weight excluding hydrogens is 295 g/mol. The second-order valence-corrected chi connectivity index (χ2v) is 5.81. The fourth-order valence-corrected chi connectivity index (χ4v) is 2.96. The Morgan fingerprint density at radius 2 is 1.70 bits per heavy atom. The molecule has 1 heterocycles. The number of hydrogen-bond acceptors (Lipinski definition) is 2. The van der Waals surface area contributed by atoms with Gasteiger partial charge >= 0.3 is 0 Å². The lowest BCUT2D eigenvalue weighted by molar-refractivity contribution is 0.174. The van der Waals surface area contributed by atoms with Crippen LogP contribution in [0.3, 0.4) is 0 Å². The maximum absolute atomic E-state index is 6.42. The standard InChI is InChI=1S/C16H14Cl2O2/c1-9(2)11-4-5-12(16(18)15(11)17)10-3-6-13-14(7-10)20-8-19-13/h3-7,9H,8H2,1-2H3. The minimum atomic E-state index is 0.263. The first kappa shape index (κ1) is 13.6. The topological polar surface area (TPSA) is 18.5 Å². The van der Waals surface area contributed by atoms with Crippen molar-refractivity contribution < 1.29 is 9.47 Å². The third-order valence-electron chi connectivity index (χ3n) is 3.42. The first-order valence-electron chi connectivity index (χ1n) is 6.46. The van der Waals surface area contributed by atoms with Gasteiger partial charge in [-0.3, -0.25) is 0 Å². The van der Waals surface area contributed by atoms with Crippen molar-refractivity contribution in [1.29, 1.82) is 0 Å². The minimum absolute atomic E-state index is 0.263. The minimum Gasteiger partial charge on any atom is -0.454 e. The summed E-state index contributed by atoms with van der Waals surface area (Å²) in [5.41, 5.74) is 2.93. The molecule has 0 aliphatic carbocycles. The summed E-state index contributed by atoms with van der Waals surface area (Å²) >= 11 is 12.8. The molecule has 1 aliphatic heterocycles. The highest BCUT2D eigenvalue weighted by Crippen LogP contribution is 2.41. The van der Waals surface area contributed by atoms with Crippen molar-refractivity contribution in [3.63, 3.8) is 0 Å². The van der Waals surface area contributed by atoms with Crippen molar-refractivity contribution in [3.05, 3.63) is 45.9 Å². The summed E-state index contributed by atoms with van der Waals surface area (Å²) in [5.74, 6) is 1.84. The van der Waals surface area contributed by atoms with Gasteiger partial charge in [0.05, 0.1) is 10.0 Å². The average molecular weight is 309 g/mol. The lowest BCUT2D eigenvalue weighted by atomic mass is 9.98. The summed E-state index contributed by atoms with van der Waals surface area (Å²) in [7, 11) is 0. The van der Waals surface area contributed by atoms with E-state index in [0.717, 1.165) is 28.2 Å². The quantitative estimate of drug-likeness (QED) is 0.728. The number of benzene rings is 2. The molecule has 1 aliphatic rings. The van der Waals surface area contributed by atoms with E-state index in [4.69, 9.17) is 32.7 Å². The molecule has 0 N–H and O–H groups in total. The maximum Gasteiger partial charge on any atom is 0.231 e. The maximum atomic E-state index is 6.42. The Kier molecular flexibility index (Phi) is 3.53. The van der Waals surface area contributed by atoms with Crippen LogP contribution in [0.2, 0.25) is 10.0 Å². The third-order valence-corrected chi connectivity index (χ3v) is 4.31. The molecular formula is C16H14Cl2O2. The van der Waals surface area contributed by atoms with E-state index in [9.17, 15) is 0 Å². The molecule has 20 heavy (non-hydrogen) atoms. The van der Waals surface area contributed by atoms with Gasteiger partial charge in [-0.15, -0.1) is 0 Å². The molecule has 0 saturated carbocycles. The molecule has 0 atom stereocenters. The lowest BCUT2D eigenvalue weighted by Gasteiger charge is -2.13. The Labute approximate surface area is 128 Å². The highest BCUT2D eigenvalue weighted by Gasteiger charge is 2.17. The van der Waals surface area contributed by atoms with Crippen LogP contribution in [0.25, 0.3) is 11.1 Å². The lowest BCUT2D eigenvalue weighted by Crippen LogP contribution is -1.93. The fourth-order valence-electron chi connectivity index (χ4n) is 2.30. The van der Waals surface area contributed by atoms with Gasteiger partial charge in [0.1, 0.15) is 0 Å². The fraction of sp³-hybridized carbons (Fsp3) is 0.250. The van der Waals surface area contributed by atoms with Gasteiger partial charge in [0.25, 0.3) is 0 Å². The smallest absolute Gasteiger partial charge is 0.231 e. The summed E-state index contributed by atoms with van der Waals surface area (Å²) in [6.45, 7) is 4.45. The van der Waals surface area contributed by atoms with Crippen LogP contribution >= 0.6 is 23.2 Å². The third kappa shape index (κ3) is 2.23. The highest BCUT2D eigenvalue weighted by atomic mass is 35.5. The first-order valence-corrected chi connectivity index (χ1v) is 7.21. The van der Waals surface area contributed by atoms with Crippen molar-refractivity contribution in [1.82, 2.24) is 0 Å². The molecule has 0 saturated heterocycles. The molecule has 2 nitrogen and oxygen atoms in total. The number of hydrogen-bond donors (Lipinski definition) is 0. The number of rotatable bonds is 2. The summed E-state index contributed by atoms with van der Waals surface area (Å²) < 4.78 is 10.7. The Bertz CT molecular complexity index is 666. The van der Waals surface area contributed by atoms with Crippen molar-refractivity contribution in [2.45, 2.75) is 19.8 Å². The molecule has 2 aromatic carbocycles. The molecule has 0 radical (unpaired) electrons. The van der Waals surface area contributed by atoms with Crippen LogP contribution < -0.4 is 9.47 Å². The van der Waals surface area contributed by atoms with Crippen LogP contribution in [0.1, 0.15) is 25.3 Å². The van der Waals surface area contributed by atoms with Gasteiger partial charge in [-0.05, 0) is 29.2 Å². The van der Waals surface area contributed by atoms with Crippen molar-refractivity contribution in [3.8, 4) is 22.6 Å². The number of ether oxygens (including phenoxy) is 2. The molecule has 0 spiro atoms. The molecule has 2 aromatic rings. The normalized spacial score (nSPS) is 13.1. The summed E-state index contributed by atoms with van der Waals surface area (Å²) in [6.07, 6.45) is 0. The molecule has 3 rings (SSSR count). The largest absolute Gasteiger partial charge is 0.454 e. The van der Waals surface area contributed by atoms with Gasteiger partial charge in [-0.25, -0.2) is 0 Å². The molecule has 0 fully saturated rings. The van der Waals surface area contributed by atoms with E-state index < -0.39 is 0 Å². The Balaban J connectivity index is 2.09. The average Bonchev–Trinajstić information content (AvgIpc) is 2.88. The van der Waals surface area contributed by atoms with E-state index in [1.165, 1.54) is 0 Å². The van der Waals surface area contributed by atoms with Crippen LogP contribution in [-0.2, 0) is 0 Å². The van der Waals surface area contributed by atoms with Gasteiger partial charge in [0, 0.05) is 5.56 Å². The van der Waals surface area contributed by atoms with E-state index in [1.54, 1.807) is 0 Å². The summed E-state index contributed by atoms with van der Waals surface area (Å²) in [4.78, 5) is 0. The van der Waals surface area contributed by atoms with Gasteiger partial charge in [0.2, 0.25) is 6.79 Å². The van der Waals surface area contributed by atoms with Crippen molar-refractivity contribution >= 4 is 23.2 Å². The monoisotopic (exact) mass is 308 g/mol. The number of fused-ring (bicyclic) bond motifs is 1. The summed E-state index contributed by atoms with van der Waals surface area (Å²) in [6, 6.07) is 9.80. The van der Waals surface area contributed by atoms with Crippen molar-refractivity contribution in [2.24, 2.45) is 0 Å². The van der Waals surface area contributed by atoms with Crippen LogP contribution in [-0.4, -0.2) is 6.79 Å². The second-order valence-electron chi connectivity index (χ2n) is 5.05. The molecule has 4 heteroatoms. The van der Waals surface area contributed by atoms with E-state index in [1.807, 2.05) is 30.3 Å². The molecule has 0 amide bonds.